The molecule has 0 saturated carbocycles. The Hall–Kier alpha value is -4.41. The predicted octanol–water partition coefficient (Wildman–Crippen LogP) is 3.72. The van der Waals surface area contributed by atoms with Crippen LogP contribution in [-0.4, -0.2) is 49.6 Å². The van der Waals surface area contributed by atoms with E-state index < -0.39 is 17.1 Å². The Kier molecular flexibility index (Phi) is 5.94. The molecule has 3 aromatic rings. The van der Waals surface area contributed by atoms with Gasteiger partial charge in [-0.05, 0) is 50.1 Å². The van der Waals surface area contributed by atoms with Crippen molar-refractivity contribution in [2.24, 2.45) is 5.10 Å². The molecule has 1 atom stereocenters. The molecule has 0 bridgehead atoms. The fourth-order valence-corrected chi connectivity index (χ4v) is 3.71. The van der Waals surface area contributed by atoms with Gasteiger partial charge in [0.25, 0.3) is 5.69 Å². The molecule has 2 aromatic carbocycles. The molecule has 3 heterocycles. The maximum Gasteiger partial charge on any atom is 0.428 e. The van der Waals surface area contributed by atoms with Crippen molar-refractivity contribution < 1.29 is 24.3 Å². The molecule has 2 aliphatic heterocycles. The van der Waals surface area contributed by atoms with Gasteiger partial charge in [0.1, 0.15) is 0 Å². The molecule has 0 aliphatic carbocycles. The average Bonchev–Trinajstić information content (AvgIpc) is 3.46. The summed E-state index contributed by atoms with van der Waals surface area (Å²) < 4.78 is 10.9. The summed E-state index contributed by atoms with van der Waals surface area (Å²) in [5.74, 6) is 1.16. The number of fused-ring (bicyclic) bond motifs is 2. The van der Waals surface area contributed by atoms with Crippen molar-refractivity contribution in [1.29, 1.82) is 0 Å². The number of hydrogen-bond acceptors (Lipinski definition) is 7. The topological polar surface area (TPSA) is 143 Å². The maximum atomic E-state index is 11.7. The highest BCUT2D eigenvalue weighted by Crippen LogP contribution is 2.38. The van der Waals surface area contributed by atoms with Crippen LogP contribution < -0.4 is 9.47 Å². The normalized spacial score (nSPS) is 16.1. The number of nitro benzene ring substituents is 1. The molecule has 170 valence electrons. The van der Waals surface area contributed by atoms with Crippen LogP contribution in [0.25, 0.3) is 0 Å². The number of aryl methyl sites for hydroxylation is 1. The summed E-state index contributed by atoms with van der Waals surface area (Å²) in [5.41, 5.74) is 3.05. The maximum absolute atomic E-state index is 11.7. The lowest BCUT2D eigenvalue weighted by Gasteiger charge is -2.19. The van der Waals surface area contributed by atoms with Crippen LogP contribution in [-0.2, 0) is 6.42 Å². The van der Waals surface area contributed by atoms with Gasteiger partial charge in [0.2, 0.25) is 6.79 Å². The molecule has 2 N–H and O–H groups in total. The minimum atomic E-state index is -1.17. The number of nitrogens with zero attached hydrogens (tertiary/aromatic N) is 4. The van der Waals surface area contributed by atoms with E-state index in [2.05, 4.69) is 15.1 Å². The van der Waals surface area contributed by atoms with E-state index in [0.717, 1.165) is 10.6 Å². The SMILES string of the molecule is Cc1cc(C2=NN(C(=O)O)C(C)Cc3cc4c(cc32)OCO4)ccc1[N+](=O)[O-].c1c[nH]cn1. The number of hydrazone groups is 1. The van der Waals surface area contributed by atoms with E-state index in [4.69, 9.17) is 9.47 Å². The third kappa shape index (κ3) is 4.47. The minimum Gasteiger partial charge on any atom is -0.464 e. The van der Waals surface area contributed by atoms with E-state index in [1.807, 2.05) is 6.07 Å². The molecular weight excluding hydrogens is 430 g/mol. The fourth-order valence-electron chi connectivity index (χ4n) is 3.71. The number of H-pyrrole nitrogens is 1. The van der Waals surface area contributed by atoms with Gasteiger partial charge in [-0.1, -0.05) is 0 Å². The van der Waals surface area contributed by atoms with Crippen LogP contribution in [0.15, 0.2) is 54.2 Å². The van der Waals surface area contributed by atoms with Gasteiger partial charge in [0.15, 0.2) is 11.5 Å². The van der Waals surface area contributed by atoms with Crippen LogP contribution in [0.2, 0.25) is 0 Å². The van der Waals surface area contributed by atoms with E-state index in [-0.39, 0.29) is 12.5 Å². The molecule has 33 heavy (non-hydrogen) atoms. The van der Waals surface area contributed by atoms with E-state index in [9.17, 15) is 20.0 Å². The number of aromatic amines is 1. The number of amides is 1. The summed E-state index contributed by atoms with van der Waals surface area (Å²) in [6.45, 7) is 3.53. The number of ether oxygens (including phenoxy) is 2. The highest BCUT2D eigenvalue weighted by molar-refractivity contribution is 6.14. The Morgan fingerprint density at radius 2 is 2.03 bits per heavy atom. The summed E-state index contributed by atoms with van der Waals surface area (Å²) in [7, 11) is 0. The number of rotatable bonds is 2. The summed E-state index contributed by atoms with van der Waals surface area (Å²) in [5, 5.41) is 26.1. The lowest BCUT2D eigenvalue weighted by atomic mass is 9.93. The van der Waals surface area contributed by atoms with Gasteiger partial charge in [-0.25, -0.2) is 9.78 Å². The van der Waals surface area contributed by atoms with Gasteiger partial charge < -0.3 is 19.6 Å². The molecule has 0 fully saturated rings. The first-order valence-electron chi connectivity index (χ1n) is 10.1. The van der Waals surface area contributed by atoms with Gasteiger partial charge >= 0.3 is 6.09 Å². The Bertz CT molecular complexity index is 1210. The van der Waals surface area contributed by atoms with Crippen molar-refractivity contribution in [3.63, 3.8) is 0 Å². The highest BCUT2D eigenvalue weighted by atomic mass is 16.7. The van der Waals surface area contributed by atoms with E-state index in [1.54, 1.807) is 50.8 Å². The molecule has 0 spiro atoms. The van der Waals surface area contributed by atoms with E-state index >= 15 is 0 Å². The predicted molar refractivity (Wildman–Crippen MR) is 118 cm³/mol. The van der Waals surface area contributed by atoms with Crippen molar-refractivity contribution in [2.75, 3.05) is 6.79 Å². The zero-order valence-corrected chi connectivity index (χ0v) is 17.9. The van der Waals surface area contributed by atoms with Crippen LogP contribution >= 0.6 is 0 Å². The first-order chi connectivity index (χ1) is 15.8. The van der Waals surface area contributed by atoms with Crippen LogP contribution in [0, 0.1) is 17.0 Å². The summed E-state index contributed by atoms with van der Waals surface area (Å²) in [4.78, 5) is 28.8. The lowest BCUT2D eigenvalue weighted by Crippen LogP contribution is -2.34. The first-order valence-corrected chi connectivity index (χ1v) is 10.1. The molecule has 1 unspecified atom stereocenters. The second kappa shape index (κ2) is 8.99. The number of aromatic nitrogens is 2. The number of nitrogens with one attached hydrogen (secondary N) is 1. The Balaban J connectivity index is 0.000000459. The Labute approximate surface area is 188 Å². The first kappa shape index (κ1) is 21.8. The number of nitro groups is 1. The van der Waals surface area contributed by atoms with Gasteiger partial charge in [0.05, 0.1) is 23.0 Å². The number of benzene rings is 2. The number of carbonyl (C=O) groups is 1. The van der Waals surface area contributed by atoms with Gasteiger partial charge in [-0.15, -0.1) is 0 Å². The van der Waals surface area contributed by atoms with Crippen LogP contribution in [0.5, 0.6) is 11.5 Å². The monoisotopic (exact) mass is 451 g/mol. The van der Waals surface area contributed by atoms with Crippen molar-refractivity contribution in [1.82, 2.24) is 15.0 Å². The van der Waals surface area contributed by atoms with Crippen molar-refractivity contribution in [3.05, 3.63) is 81.4 Å². The molecule has 5 rings (SSSR count). The number of carboxylic acid groups (broad SMARTS) is 1. The Morgan fingerprint density at radius 1 is 1.27 bits per heavy atom. The molecule has 0 radical (unpaired) electrons. The summed E-state index contributed by atoms with van der Waals surface area (Å²) in [6, 6.07) is 7.85. The zero-order valence-electron chi connectivity index (χ0n) is 17.9. The van der Waals surface area contributed by atoms with Crippen LogP contribution in [0.4, 0.5) is 10.5 Å². The average molecular weight is 451 g/mol. The molecule has 11 nitrogen and oxygen atoms in total. The van der Waals surface area contributed by atoms with E-state index in [1.165, 1.54) is 6.07 Å². The Morgan fingerprint density at radius 3 is 2.61 bits per heavy atom. The fraction of sp³-hybridized carbons (Fsp3) is 0.227. The second-order valence-corrected chi connectivity index (χ2v) is 7.51. The molecule has 2 aliphatic rings. The molecule has 1 amide bonds. The zero-order chi connectivity index (χ0) is 23.5. The van der Waals surface area contributed by atoms with Crippen molar-refractivity contribution in [3.8, 4) is 11.5 Å². The van der Waals surface area contributed by atoms with Gasteiger partial charge in [0, 0.05) is 35.2 Å². The largest absolute Gasteiger partial charge is 0.464 e. The summed E-state index contributed by atoms with van der Waals surface area (Å²) >= 11 is 0. The van der Waals surface area contributed by atoms with Crippen LogP contribution in [0.1, 0.15) is 29.2 Å². The van der Waals surface area contributed by atoms with Gasteiger partial charge in [-0.3, -0.25) is 10.1 Å². The third-order valence-corrected chi connectivity index (χ3v) is 5.26. The summed E-state index contributed by atoms with van der Waals surface area (Å²) in [6.07, 6.45) is 4.36. The highest BCUT2D eigenvalue weighted by Gasteiger charge is 2.30. The van der Waals surface area contributed by atoms with Gasteiger partial charge in [-0.2, -0.15) is 10.1 Å². The quantitative estimate of drug-likeness (QED) is 0.446. The number of imidazole rings is 1. The standard InChI is InChI=1S/C19H17N3O6.C3H4N2/c1-10-5-12(3-4-15(10)22(25)26)18-14-8-17-16(27-9-28-17)7-13(14)6-11(2)21(20-18)19(23)24;1-2-5-3-4-1/h3-5,7-8,11H,6,9H2,1-2H3,(H,23,24);1-3H,(H,4,5). The van der Waals surface area contributed by atoms with E-state index in [0.29, 0.717) is 40.3 Å². The van der Waals surface area contributed by atoms with Crippen molar-refractivity contribution in [2.45, 2.75) is 26.3 Å². The second-order valence-electron chi connectivity index (χ2n) is 7.51. The molecule has 1 aromatic heterocycles. The minimum absolute atomic E-state index is 0.00709. The lowest BCUT2D eigenvalue weighted by molar-refractivity contribution is -0.385. The molecule has 11 heteroatoms. The van der Waals surface area contributed by atoms with Crippen molar-refractivity contribution >= 4 is 17.5 Å². The smallest absolute Gasteiger partial charge is 0.428 e. The molecule has 0 saturated heterocycles. The third-order valence-electron chi connectivity index (χ3n) is 5.26. The number of hydrogen-bond donors (Lipinski definition) is 2. The molecular formula is C22H21N5O6. The van der Waals surface area contributed by atoms with Crippen LogP contribution in [0.3, 0.4) is 0 Å².